The number of carbonyl (C=O) groups excluding carboxylic acids is 1. The Morgan fingerprint density at radius 3 is 2.78 bits per heavy atom. The molecule has 2 aromatic rings. The average Bonchev–Trinajstić information content (AvgIpc) is 3.00. The lowest BCUT2D eigenvalue weighted by Gasteiger charge is -2.41. The smallest absolute Gasteiger partial charge is 0.258 e. The van der Waals surface area contributed by atoms with Gasteiger partial charge in [-0.1, -0.05) is 6.07 Å². The minimum atomic E-state index is -0.245. The van der Waals surface area contributed by atoms with Crippen LogP contribution in [-0.2, 0) is 11.3 Å². The number of pyridine rings is 1. The molecule has 0 unspecified atom stereocenters. The Hall–Kier alpha value is -2.21. The maximum absolute atomic E-state index is 13.1. The van der Waals surface area contributed by atoms with Gasteiger partial charge in [0.2, 0.25) is 5.91 Å². The van der Waals surface area contributed by atoms with Gasteiger partial charge in [0, 0.05) is 37.4 Å². The van der Waals surface area contributed by atoms with Crippen molar-refractivity contribution in [3.63, 3.8) is 0 Å². The fraction of sp³-hybridized carbons (Fsp3) is 0.571. The van der Waals surface area contributed by atoms with Crippen LogP contribution < -0.4 is 5.56 Å². The number of fused-ring (bicyclic) bond motifs is 1. The van der Waals surface area contributed by atoms with Crippen molar-refractivity contribution in [1.29, 1.82) is 0 Å². The Morgan fingerprint density at radius 1 is 1.19 bits per heavy atom. The van der Waals surface area contributed by atoms with E-state index in [1.54, 1.807) is 10.5 Å². The summed E-state index contributed by atoms with van der Waals surface area (Å²) in [5, 5.41) is 0. The van der Waals surface area contributed by atoms with Crippen molar-refractivity contribution in [2.24, 2.45) is 5.41 Å². The Bertz CT molecular complexity index is 935. The van der Waals surface area contributed by atoms with Gasteiger partial charge in [-0.15, -0.1) is 0 Å². The highest BCUT2D eigenvalue weighted by molar-refractivity contribution is 5.84. The van der Waals surface area contributed by atoms with Gasteiger partial charge in [-0.3, -0.25) is 18.9 Å². The molecule has 0 aliphatic carbocycles. The summed E-state index contributed by atoms with van der Waals surface area (Å²) in [5.74, 6) is 0.313. The molecule has 2 aliphatic heterocycles. The molecule has 6 heteroatoms. The van der Waals surface area contributed by atoms with E-state index in [-0.39, 0.29) is 17.0 Å². The van der Waals surface area contributed by atoms with Gasteiger partial charge in [0.05, 0.1) is 11.1 Å². The largest absolute Gasteiger partial charge is 0.340 e. The number of nitrogens with zero attached hydrogens (tertiary/aromatic N) is 4. The standard InChI is InChI=1S/C21H28N4O2/c1-15(2)24-10-5-8-21(20(24)27)9-11-23(14-21)13-17-12-19(26)25-16(3)6-4-7-18(25)22-17/h4,6-7,12,15H,5,8-11,13-14H2,1-3H3/t21-/m1/s1. The van der Waals surface area contributed by atoms with Gasteiger partial charge < -0.3 is 4.90 Å². The fourth-order valence-corrected chi connectivity index (χ4v) is 4.74. The van der Waals surface area contributed by atoms with Crippen LogP contribution in [0.3, 0.4) is 0 Å². The quantitative estimate of drug-likeness (QED) is 0.834. The molecule has 2 fully saturated rings. The Labute approximate surface area is 159 Å². The van der Waals surface area contributed by atoms with E-state index in [0.717, 1.165) is 50.3 Å². The van der Waals surface area contributed by atoms with Crippen LogP contribution in [0, 0.1) is 12.3 Å². The van der Waals surface area contributed by atoms with Gasteiger partial charge in [0.1, 0.15) is 5.65 Å². The van der Waals surface area contributed by atoms with Crippen LogP contribution in [-0.4, -0.2) is 50.8 Å². The Balaban J connectivity index is 1.54. The van der Waals surface area contributed by atoms with Crippen molar-refractivity contribution in [3.05, 3.63) is 46.0 Å². The molecule has 1 amide bonds. The topological polar surface area (TPSA) is 57.9 Å². The zero-order valence-electron chi connectivity index (χ0n) is 16.4. The normalized spacial score (nSPS) is 23.9. The molecular formula is C21H28N4O2. The Kier molecular flexibility index (Phi) is 4.54. The molecule has 1 atom stereocenters. The molecule has 0 saturated carbocycles. The van der Waals surface area contributed by atoms with Crippen molar-refractivity contribution in [3.8, 4) is 0 Å². The van der Waals surface area contributed by atoms with E-state index in [1.165, 1.54) is 0 Å². The van der Waals surface area contributed by atoms with Crippen LogP contribution in [0.4, 0.5) is 0 Å². The summed E-state index contributed by atoms with van der Waals surface area (Å²) in [4.78, 5) is 34.6. The summed E-state index contributed by atoms with van der Waals surface area (Å²) < 4.78 is 1.64. The van der Waals surface area contributed by atoms with E-state index < -0.39 is 0 Å². The summed E-state index contributed by atoms with van der Waals surface area (Å²) in [6.45, 7) is 9.25. The third kappa shape index (κ3) is 3.16. The van der Waals surface area contributed by atoms with Crippen LogP contribution in [0.2, 0.25) is 0 Å². The van der Waals surface area contributed by atoms with Crippen LogP contribution in [0.5, 0.6) is 0 Å². The number of hydrogen-bond acceptors (Lipinski definition) is 4. The highest BCUT2D eigenvalue weighted by Gasteiger charge is 2.48. The molecule has 144 valence electrons. The second-order valence-electron chi connectivity index (χ2n) is 8.38. The van der Waals surface area contributed by atoms with E-state index in [0.29, 0.717) is 18.1 Å². The lowest BCUT2D eigenvalue weighted by molar-refractivity contribution is -0.147. The van der Waals surface area contributed by atoms with Crippen molar-refractivity contribution in [2.75, 3.05) is 19.6 Å². The molecule has 0 N–H and O–H groups in total. The summed E-state index contributed by atoms with van der Waals surface area (Å²) in [5.41, 5.74) is 2.07. The number of piperidine rings is 1. The second-order valence-corrected chi connectivity index (χ2v) is 8.38. The molecule has 0 aromatic carbocycles. The lowest BCUT2D eigenvalue weighted by atomic mass is 9.78. The van der Waals surface area contributed by atoms with E-state index in [4.69, 9.17) is 0 Å². The van der Waals surface area contributed by atoms with E-state index in [9.17, 15) is 9.59 Å². The van der Waals surface area contributed by atoms with Crippen molar-refractivity contribution in [1.82, 2.24) is 19.2 Å². The molecule has 0 bridgehead atoms. The van der Waals surface area contributed by atoms with Gasteiger partial charge in [-0.05, 0) is 58.7 Å². The minimum Gasteiger partial charge on any atom is -0.340 e. The predicted molar refractivity (Wildman–Crippen MR) is 105 cm³/mol. The molecular weight excluding hydrogens is 340 g/mol. The van der Waals surface area contributed by atoms with E-state index in [1.807, 2.05) is 30.0 Å². The lowest BCUT2D eigenvalue weighted by Crippen LogP contribution is -2.52. The summed E-state index contributed by atoms with van der Waals surface area (Å²) in [7, 11) is 0. The van der Waals surface area contributed by atoms with Gasteiger partial charge in [0.15, 0.2) is 0 Å². The Morgan fingerprint density at radius 2 is 2.00 bits per heavy atom. The molecule has 4 heterocycles. The number of likely N-dealkylation sites (tertiary alicyclic amines) is 2. The molecule has 6 nitrogen and oxygen atoms in total. The summed E-state index contributed by atoms with van der Waals surface area (Å²) in [6, 6.07) is 7.60. The van der Waals surface area contributed by atoms with Crippen molar-refractivity contribution < 1.29 is 4.79 Å². The number of hydrogen-bond donors (Lipinski definition) is 0. The van der Waals surface area contributed by atoms with Gasteiger partial charge in [-0.25, -0.2) is 4.98 Å². The number of rotatable bonds is 3. The first kappa shape index (κ1) is 18.2. The first-order valence-corrected chi connectivity index (χ1v) is 9.91. The number of amides is 1. The second kappa shape index (κ2) is 6.75. The minimum absolute atomic E-state index is 0.0401. The fourth-order valence-electron chi connectivity index (χ4n) is 4.74. The zero-order chi connectivity index (χ0) is 19.2. The van der Waals surface area contributed by atoms with Gasteiger partial charge in [-0.2, -0.15) is 0 Å². The molecule has 2 saturated heterocycles. The van der Waals surface area contributed by atoms with Crippen molar-refractivity contribution >= 4 is 11.6 Å². The first-order chi connectivity index (χ1) is 12.9. The SMILES string of the molecule is Cc1cccc2nc(CN3CC[C@]4(CCCN(C(C)C)C4=O)C3)cc(=O)n12. The highest BCUT2D eigenvalue weighted by atomic mass is 16.2. The maximum atomic E-state index is 13.1. The molecule has 0 radical (unpaired) electrons. The average molecular weight is 368 g/mol. The summed E-state index contributed by atoms with van der Waals surface area (Å²) in [6.07, 6.45) is 2.95. The summed E-state index contributed by atoms with van der Waals surface area (Å²) >= 11 is 0. The van der Waals surface area contributed by atoms with Crippen LogP contribution in [0.1, 0.15) is 44.5 Å². The predicted octanol–water partition coefficient (Wildman–Crippen LogP) is 2.23. The zero-order valence-corrected chi connectivity index (χ0v) is 16.4. The van der Waals surface area contributed by atoms with Crippen LogP contribution in [0.15, 0.2) is 29.1 Å². The van der Waals surface area contributed by atoms with E-state index in [2.05, 4.69) is 23.7 Å². The van der Waals surface area contributed by atoms with Gasteiger partial charge >= 0.3 is 0 Å². The monoisotopic (exact) mass is 368 g/mol. The third-order valence-electron chi connectivity index (χ3n) is 6.14. The number of aryl methyl sites for hydroxylation is 1. The van der Waals surface area contributed by atoms with Gasteiger partial charge in [0.25, 0.3) is 5.56 Å². The molecule has 4 rings (SSSR count). The van der Waals surface area contributed by atoms with Crippen molar-refractivity contribution in [2.45, 2.75) is 52.6 Å². The maximum Gasteiger partial charge on any atom is 0.258 e. The number of carbonyl (C=O) groups is 1. The van der Waals surface area contributed by atoms with Crippen LogP contribution in [0.25, 0.3) is 5.65 Å². The third-order valence-corrected chi connectivity index (χ3v) is 6.14. The molecule has 1 spiro atoms. The molecule has 2 aromatic heterocycles. The molecule has 27 heavy (non-hydrogen) atoms. The first-order valence-electron chi connectivity index (χ1n) is 9.91. The van der Waals surface area contributed by atoms with Crippen LogP contribution >= 0.6 is 0 Å². The molecule has 2 aliphatic rings. The number of aromatic nitrogens is 2. The van der Waals surface area contributed by atoms with E-state index >= 15 is 0 Å². The highest BCUT2D eigenvalue weighted by Crippen LogP contribution is 2.40.